The molecule has 0 spiro atoms. The smallest absolute Gasteiger partial charge is 0.305 e. The molecule has 0 unspecified atom stereocenters. The third-order valence-electron chi connectivity index (χ3n) is 3.34. The molecule has 0 aromatic carbocycles. The molecule has 0 fully saturated rings. The van der Waals surface area contributed by atoms with Crippen LogP contribution >= 0.6 is 0 Å². The van der Waals surface area contributed by atoms with Crippen LogP contribution in [0.5, 0.6) is 0 Å². The molecule has 0 saturated carbocycles. The lowest BCUT2D eigenvalue weighted by Crippen LogP contribution is -1.97. The van der Waals surface area contributed by atoms with Crippen molar-refractivity contribution in [3.05, 3.63) is 72.9 Å². The van der Waals surface area contributed by atoms with Crippen LogP contribution in [0.2, 0.25) is 0 Å². The van der Waals surface area contributed by atoms with Gasteiger partial charge in [-0.15, -0.1) is 0 Å². The van der Waals surface area contributed by atoms with Gasteiger partial charge in [-0.05, 0) is 44.9 Å². The van der Waals surface area contributed by atoms with Gasteiger partial charge in [0.25, 0.3) is 0 Å². The van der Waals surface area contributed by atoms with E-state index in [9.17, 15) is 4.79 Å². The Kier molecular flexibility index (Phi) is 18.3. The van der Waals surface area contributed by atoms with E-state index < -0.39 is 0 Å². The van der Waals surface area contributed by atoms with Crippen LogP contribution < -0.4 is 0 Å². The minimum absolute atomic E-state index is 0.153. The molecule has 0 N–H and O–H groups in total. The Labute approximate surface area is 154 Å². The van der Waals surface area contributed by atoms with Crippen molar-refractivity contribution >= 4 is 5.97 Å². The maximum absolute atomic E-state index is 10.9. The fourth-order valence-corrected chi connectivity index (χ4v) is 1.94. The van der Waals surface area contributed by atoms with Gasteiger partial charge < -0.3 is 4.74 Å². The molecule has 0 aliphatic carbocycles. The van der Waals surface area contributed by atoms with Gasteiger partial charge in [0.05, 0.1) is 7.11 Å². The standard InChI is InChI=1S/C23H34O2/c1-3-4-5-6-7-8-9-10-11-12-13-14-15-16-17-18-19-20-21-22-23(24)25-2/h4-5,7-8,10-11,13-14,16-17,19-20H,3,6,9,12,15,18,21-22H2,1-2H3/b5-4+,8-7-,11-10-,14-13-,17-16-,20-19-. The molecule has 0 rings (SSSR count). The second-order valence-electron chi connectivity index (χ2n) is 5.53. The molecular formula is C23H34O2. The lowest BCUT2D eigenvalue weighted by molar-refractivity contribution is -0.140. The Morgan fingerprint density at radius 1 is 0.640 bits per heavy atom. The number of allylic oxidation sites excluding steroid dienone is 12. The van der Waals surface area contributed by atoms with Crippen LogP contribution in [0.1, 0.15) is 58.3 Å². The molecule has 138 valence electrons. The number of ether oxygens (including phenoxy) is 1. The Balaban J connectivity index is 3.53. The van der Waals surface area contributed by atoms with Gasteiger partial charge in [0.2, 0.25) is 0 Å². The fraction of sp³-hybridized carbons (Fsp3) is 0.435. The summed E-state index contributed by atoms with van der Waals surface area (Å²) in [6.45, 7) is 2.15. The van der Waals surface area contributed by atoms with E-state index in [4.69, 9.17) is 0 Å². The van der Waals surface area contributed by atoms with Crippen molar-refractivity contribution in [1.29, 1.82) is 0 Å². The number of methoxy groups -OCH3 is 1. The first-order chi connectivity index (χ1) is 12.3. The number of rotatable bonds is 14. The summed E-state index contributed by atoms with van der Waals surface area (Å²) in [6, 6.07) is 0. The maximum Gasteiger partial charge on any atom is 0.305 e. The zero-order valence-corrected chi connectivity index (χ0v) is 15.9. The summed E-state index contributed by atoms with van der Waals surface area (Å²) in [5.41, 5.74) is 0. The molecular weight excluding hydrogens is 308 g/mol. The number of esters is 1. The van der Waals surface area contributed by atoms with Crippen molar-refractivity contribution in [3.63, 3.8) is 0 Å². The van der Waals surface area contributed by atoms with Gasteiger partial charge in [0.15, 0.2) is 0 Å². The van der Waals surface area contributed by atoms with Crippen LogP contribution in [-0.4, -0.2) is 13.1 Å². The van der Waals surface area contributed by atoms with E-state index in [0.717, 1.165) is 44.9 Å². The summed E-state index contributed by atoms with van der Waals surface area (Å²) in [4.78, 5) is 10.9. The van der Waals surface area contributed by atoms with Gasteiger partial charge in [0, 0.05) is 6.42 Å². The largest absolute Gasteiger partial charge is 0.469 e. The minimum atomic E-state index is -0.153. The molecule has 0 atom stereocenters. The highest BCUT2D eigenvalue weighted by atomic mass is 16.5. The monoisotopic (exact) mass is 342 g/mol. The predicted octanol–water partition coefficient (Wildman–Crippen LogP) is 6.64. The average molecular weight is 343 g/mol. The third-order valence-corrected chi connectivity index (χ3v) is 3.34. The summed E-state index contributed by atoms with van der Waals surface area (Å²) in [7, 11) is 1.42. The van der Waals surface area contributed by atoms with Crippen molar-refractivity contribution in [1.82, 2.24) is 0 Å². The van der Waals surface area contributed by atoms with Gasteiger partial charge in [-0.2, -0.15) is 0 Å². The van der Waals surface area contributed by atoms with Crippen LogP contribution in [0.4, 0.5) is 0 Å². The van der Waals surface area contributed by atoms with Gasteiger partial charge >= 0.3 is 5.97 Å². The Hall–Kier alpha value is -2.09. The zero-order chi connectivity index (χ0) is 18.4. The van der Waals surface area contributed by atoms with E-state index in [0.29, 0.717) is 6.42 Å². The predicted molar refractivity (Wildman–Crippen MR) is 109 cm³/mol. The van der Waals surface area contributed by atoms with Gasteiger partial charge in [-0.25, -0.2) is 0 Å². The van der Waals surface area contributed by atoms with Crippen molar-refractivity contribution < 1.29 is 9.53 Å². The molecule has 2 nitrogen and oxygen atoms in total. The molecule has 0 heterocycles. The zero-order valence-electron chi connectivity index (χ0n) is 15.9. The third kappa shape index (κ3) is 19.9. The molecule has 0 aromatic rings. The molecule has 0 aromatic heterocycles. The van der Waals surface area contributed by atoms with Crippen LogP contribution in [-0.2, 0) is 9.53 Å². The molecule has 25 heavy (non-hydrogen) atoms. The van der Waals surface area contributed by atoms with E-state index >= 15 is 0 Å². The first-order valence-corrected chi connectivity index (χ1v) is 9.28. The van der Waals surface area contributed by atoms with Gasteiger partial charge in [0.1, 0.15) is 0 Å². The molecule has 0 bridgehead atoms. The lowest BCUT2D eigenvalue weighted by Gasteiger charge is -1.93. The summed E-state index contributed by atoms with van der Waals surface area (Å²) < 4.78 is 4.58. The summed E-state index contributed by atoms with van der Waals surface area (Å²) in [5, 5.41) is 0. The maximum atomic E-state index is 10.9. The van der Waals surface area contributed by atoms with Crippen molar-refractivity contribution in [2.24, 2.45) is 0 Å². The molecule has 0 aliphatic heterocycles. The number of carbonyl (C=O) groups is 1. The quantitative estimate of drug-likeness (QED) is 0.261. The van der Waals surface area contributed by atoms with Gasteiger partial charge in [-0.3, -0.25) is 4.79 Å². The summed E-state index contributed by atoms with van der Waals surface area (Å²) in [6.07, 6.45) is 33.3. The summed E-state index contributed by atoms with van der Waals surface area (Å²) >= 11 is 0. The lowest BCUT2D eigenvalue weighted by atomic mass is 10.2. The molecule has 2 heteroatoms. The first-order valence-electron chi connectivity index (χ1n) is 9.28. The van der Waals surface area contributed by atoms with Crippen molar-refractivity contribution in [2.45, 2.75) is 58.3 Å². The normalized spacial score (nSPS) is 12.9. The molecule has 0 saturated heterocycles. The Morgan fingerprint density at radius 3 is 1.36 bits per heavy atom. The topological polar surface area (TPSA) is 26.3 Å². The average Bonchev–Trinajstić information content (AvgIpc) is 2.63. The van der Waals surface area contributed by atoms with Crippen LogP contribution in [0.3, 0.4) is 0 Å². The molecule has 0 radical (unpaired) electrons. The van der Waals surface area contributed by atoms with Crippen molar-refractivity contribution in [2.75, 3.05) is 7.11 Å². The number of carbonyl (C=O) groups excluding carboxylic acids is 1. The summed E-state index contributed by atoms with van der Waals surface area (Å²) in [5.74, 6) is -0.153. The second-order valence-corrected chi connectivity index (χ2v) is 5.53. The van der Waals surface area contributed by atoms with E-state index in [1.165, 1.54) is 7.11 Å². The van der Waals surface area contributed by atoms with Gasteiger partial charge in [-0.1, -0.05) is 79.8 Å². The SMILES string of the molecule is CC/C=C/C/C=C\C/C=C\C/C=C\C/C=C\C/C=C\CCC(=O)OC. The highest BCUT2D eigenvalue weighted by molar-refractivity contribution is 5.69. The highest BCUT2D eigenvalue weighted by Gasteiger charge is 1.94. The Bertz CT molecular complexity index is 476. The highest BCUT2D eigenvalue weighted by Crippen LogP contribution is 1.98. The van der Waals surface area contributed by atoms with Crippen LogP contribution in [0.15, 0.2) is 72.9 Å². The fourth-order valence-electron chi connectivity index (χ4n) is 1.94. The van der Waals surface area contributed by atoms with Crippen LogP contribution in [0.25, 0.3) is 0 Å². The molecule has 0 aliphatic rings. The number of hydrogen-bond donors (Lipinski definition) is 0. The van der Waals surface area contributed by atoms with E-state index in [1.54, 1.807) is 0 Å². The first kappa shape index (κ1) is 22.9. The number of hydrogen-bond acceptors (Lipinski definition) is 2. The van der Waals surface area contributed by atoms with Crippen molar-refractivity contribution in [3.8, 4) is 0 Å². The minimum Gasteiger partial charge on any atom is -0.469 e. The van der Waals surface area contributed by atoms with E-state index in [1.807, 2.05) is 6.08 Å². The van der Waals surface area contributed by atoms with E-state index in [2.05, 4.69) is 78.5 Å². The second kappa shape index (κ2) is 20.0. The molecule has 0 amide bonds. The Morgan fingerprint density at radius 2 is 1.00 bits per heavy atom. The van der Waals surface area contributed by atoms with Crippen LogP contribution in [0, 0.1) is 0 Å². The van der Waals surface area contributed by atoms with E-state index in [-0.39, 0.29) is 5.97 Å².